The lowest BCUT2D eigenvalue weighted by molar-refractivity contribution is 0.132. The molecule has 1 aromatic rings. The molecule has 0 bridgehead atoms. The quantitative estimate of drug-likeness (QED) is 0.846. The largest absolute Gasteiger partial charge is 0.396 e. The normalized spacial score (nSPS) is 14.8. The van der Waals surface area contributed by atoms with Gasteiger partial charge >= 0.3 is 0 Å². The lowest BCUT2D eigenvalue weighted by Gasteiger charge is -2.30. The zero-order chi connectivity index (χ0) is 13.3. The highest BCUT2D eigenvalue weighted by atomic mass is 16.3. The third-order valence-corrected chi connectivity index (χ3v) is 3.39. The van der Waals surface area contributed by atoms with Crippen molar-refractivity contribution >= 4 is 0 Å². The fourth-order valence-corrected chi connectivity index (χ4v) is 1.74. The number of aliphatic hydroxyl groups is 1. The molecule has 0 saturated heterocycles. The Bertz CT molecular complexity index is 360. The summed E-state index contributed by atoms with van der Waals surface area (Å²) in [5.74, 6) is 0. The predicted octanol–water partition coefficient (Wildman–Crippen LogP) is 3.00. The molecule has 0 aliphatic carbocycles. The van der Waals surface area contributed by atoms with Crippen LogP contribution < -0.4 is 5.73 Å². The van der Waals surface area contributed by atoms with E-state index in [1.165, 1.54) is 5.56 Å². The maximum absolute atomic E-state index is 9.33. The highest BCUT2D eigenvalue weighted by molar-refractivity contribution is 5.29. The van der Waals surface area contributed by atoms with E-state index in [0.29, 0.717) is 0 Å². The lowest BCUT2D eigenvalue weighted by atomic mass is 9.80. The van der Waals surface area contributed by atoms with Crippen molar-refractivity contribution in [3.63, 3.8) is 0 Å². The molecule has 2 heteroatoms. The van der Waals surface area contributed by atoms with E-state index >= 15 is 0 Å². The molecule has 3 N–H and O–H groups in total. The summed E-state index contributed by atoms with van der Waals surface area (Å²) in [4.78, 5) is 0. The fraction of sp³-hybridized carbons (Fsp3) is 0.600. The van der Waals surface area contributed by atoms with E-state index in [1.54, 1.807) is 0 Å². The SMILES string of the molecule is CC(C)(C)c1ccc([C@@H](N)C(C)(C)CO)cc1. The summed E-state index contributed by atoms with van der Waals surface area (Å²) < 4.78 is 0. The molecule has 1 rings (SSSR count). The Labute approximate surface area is 105 Å². The smallest absolute Gasteiger partial charge is 0.0500 e. The molecule has 0 radical (unpaired) electrons. The van der Waals surface area contributed by atoms with Gasteiger partial charge in [-0.3, -0.25) is 0 Å². The van der Waals surface area contributed by atoms with E-state index in [9.17, 15) is 5.11 Å². The molecule has 0 unspecified atom stereocenters. The summed E-state index contributed by atoms with van der Waals surface area (Å²) >= 11 is 0. The van der Waals surface area contributed by atoms with E-state index in [0.717, 1.165) is 5.56 Å². The summed E-state index contributed by atoms with van der Waals surface area (Å²) in [6.45, 7) is 10.6. The Hall–Kier alpha value is -0.860. The molecular weight excluding hydrogens is 210 g/mol. The zero-order valence-electron chi connectivity index (χ0n) is 11.6. The van der Waals surface area contributed by atoms with Crippen LogP contribution in [0.2, 0.25) is 0 Å². The van der Waals surface area contributed by atoms with Crippen molar-refractivity contribution in [1.29, 1.82) is 0 Å². The summed E-state index contributed by atoms with van der Waals surface area (Å²) in [6.07, 6.45) is 0. The van der Waals surface area contributed by atoms with Gasteiger partial charge in [0.1, 0.15) is 0 Å². The second-order valence-electron chi connectivity index (χ2n) is 6.50. The molecule has 0 aromatic heterocycles. The third kappa shape index (κ3) is 3.30. The second-order valence-corrected chi connectivity index (χ2v) is 6.50. The van der Waals surface area contributed by atoms with Crippen molar-refractivity contribution in [2.24, 2.45) is 11.1 Å². The second kappa shape index (κ2) is 4.79. The van der Waals surface area contributed by atoms with Gasteiger partial charge in [-0.1, -0.05) is 58.9 Å². The van der Waals surface area contributed by atoms with E-state index in [2.05, 4.69) is 45.0 Å². The van der Waals surface area contributed by atoms with E-state index in [4.69, 9.17) is 5.73 Å². The van der Waals surface area contributed by atoms with Crippen molar-refractivity contribution in [2.75, 3.05) is 6.61 Å². The monoisotopic (exact) mass is 235 g/mol. The highest BCUT2D eigenvalue weighted by Gasteiger charge is 2.27. The summed E-state index contributed by atoms with van der Waals surface area (Å²) in [5.41, 5.74) is 8.44. The van der Waals surface area contributed by atoms with Gasteiger partial charge in [-0.2, -0.15) is 0 Å². The Balaban J connectivity index is 2.96. The first-order valence-electron chi connectivity index (χ1n) is 6.15. The average molecular weight is 235 g/mol. The minimum absolute atomic E-state index is 0.0924. The molecular formula is C15H25NO. The van der Waals surface area contributed by atoms with E-state index in [-0.39, 0.29) is 23.5 Å². The van der Waals surface area contributed by atoms with Crippen LogP contribution in [0.25, 0.3) is 0 Å². The van der Waals surface area contributed by atoms with Gasteiger partial charge in [-0.25, -0.2) is 0 Å². The van der Waals surface area contributed by atoms with Crippen LogP contribution in [0, 0.1) is 5.41 Å². The van der Waals surface area contributed by atoms with Gasteiger partial charge in [-0.15, -0.1) is 0 Å². The average Bonchev–Trinajstić information content (AvgIpc) is 2.27. The zero-order valence-corrected chi connectivity index (χ0v) is 11.6. The van der Waals surface area contributed by atoms with Crippen molar-refractivity contribution in [3.8, 4) is 0 Å². The summed E-state index contributed by atoms with van der Waals surface area (Å²) in [5, 5.41) is 9.33. The molecule has 1 aromatic carbocycles. The molecule has 0 heterocycles. The predicted molar refractivity (Wildman–Crippen MR) is 72.9 cm³/mol. The van der Waals surface area contributed by atoms with Crippen molar-refractivity contribution in [3.05, 3.63) is 35.4 Å². The molecule has 1 atom stereocenters. The molecule has 2 nitrogen and oxygen atoms in total. The molecule has 0 amide bonds. The van der Waals surface area contributed by atoms with Crippen LogP contribution in [0.3, 0.4) is 0 Å². The maximum Gasteiger partial charge on any atom is 0.0500 e. The van der Waals surface area contributed by atoms with Gasteiger partial charge in [0.05, 0.1) is 0 Å². The Morgan fingerprint density at radius 2 is 1.53 bits per heavy atom. The number of rotatable bonds is 3. The summed E-state index contributed by atoms with van der Waals surface area (Å²) in [6, 6.07) is 8.26. The number of benzene rings is 1. The highest BCUT2D eigenvalue weighted by Crippen LogP contribution is 2.31. The van der Waals surface area contributed by atoms with Crippen LogP contribution in [-0.2, 0) is 5.41 Å². The Morgan fingerprint density at radius 1 is 1.06 bits per heavy atom. The van der Waals surface area contributed by atoms with Gasteiger partial charge in [0.2, 0.25) is 0 Å². The van der Waals surface area contributed by atoms with Gasteiger partial charge in [-0.05, 0) is 16.5 Å². The molecule has 0 aliphatic rings. The number of nitrogens with two attached hydrogens (primary N) is 1. The van der Waals surface area contributed by atoms with Gasteiger partial charge in [0.25, 0.3) is 0 Å². The number of hydrogen-bond donors (Lipinski definition) is 2. The molecule has 96 valence electrons. The first-order chi connectivity index (χ1) is 7.68. The molecule has 17 heavy (non-hydrogen) atoms. The standard InChI is InChI=1S/C15H25NO/c1-14(2,3)12-8-6-11(7-9-12)13(16)15(4,5)10-17/h6-9,13,17H,10,16H2,1-5H3/t13-/m1/s1. The van der Waals surface area contributed by atoms with Crippen molar-refractivity contribution < 1.29 is 5.11 Å². The topological polar surface area (TPSA) is 46.2 Å². The van der Waals surface area contributed by atoms with Gasteiger partial charge < -0.3 is 10.8 Å². The first-order valence-corrected chi connectivity index (χ1v) is 6.15. The van der Waals surface area contributed by atoms with Crippen LogP contribution in [0.5, 0.6) is 0 Å². The van der Waals surface area contributed by atoms with Crippen molar-refractivity contribution in [1.82, 2.24) is 0 Å². The molecule has 0 saturated carbocycles. The van der Waals surface area contributed by atoms with Crippen molar-refractivity contribution in [2.45, 2.75) is 46.1 Å². The fourth-order valence-electron chi connectivity index (χ4n) is 1.74. The van der Waals surface area contributed by atoms with Crippen LogP contribution in [0.15, 0.2) is 24.3 Å². The van der Waals surface area contributed by atoms with Crippen LogP contribution in [0.4, 0.5) is 0 Å². The van der Waals surface area contributed by atoms with Crippen LogP contribution in [0.1, 0.15) is 51.8 Å². The summed E-state index contributed by atoms with van der Waals surface area (Å²) in [7, 11) is 0. The van der Waals surface area contributed by atoms with E-state index in [1.807, 2.05) is 13.8 Å². The van der Waals surface area contributed by atoms with Crippen LogP contribution in [-0.4, -0.2) is 11.7 Å². The number of hydrogen-bond acceptors (Lipinski definition) is 2. The maximum atomic E-state index is 9.33. The Morgan fingerprint density at radius 3 is 1.88 bits per heavy atom. The Kier molecular flexibility index (Phi) is 4.00. The minimum Gasteiger partial charge on any atom is -0.396 e. The molecule has 0 fully saturated rings. The van der Waals surface area contributed by atoms with Gasteiger partial charge in [0.15, 0.2) is 0 Å². The minimum atomic E-state index is -0.288. The number of aliphatic hydroxyl groups excluding tert-OH is 1. The third-order valence-electron chi connectivity index (χ3n) is 3.39. The van der Waals surface area contributed by atoms with Gasteiger partial charge in [0, 0.05) is 18.1 Å². The van der Waals surface area contributed by atoms with E-state index < -0.39 is 0 Å². The molecule has 0 spiro atoms. The first kappa shape index (κ1) is 14.2. The molecule has 0 aliphatic heterocycles. The lowest BCUT2D eigenvalue weighted by Crippen LogP contribution is -2.32. The van der Waals surface area contributed by atoms with Crippen LogP contribution >= 0.6 is 0 Å².